The Bertz CT molecular complexity index is 300. The largest absolute Gasteiger partial charge is 0.480 e. The minimum absolute atomic E-state index is 0.0677. The van der Waals surface area contributed by atoms with Gasteiger partial charge in [-0.2, -0.15) is 0 Å². The van der Waals surface area contributed by atoms with Gasteiger partial charge in [0, 0.05) is 13.2 Å². The van der Waals surface area contributed by atoms with E-state index >= 15 is 0 Å². The third kappa shape index (κ3) is 4.07. The van der Waals surface area contributed by atoms with Gasteiger partial charge in [0.05, 0.1) is 6.10 Å². The van der Waals surface area contributed by atoms with Gasteiger partial charge in [0.2, 0.25) is 0 Å². The second kappa shape index (κ2) is 6.24. The standard InChI is InChI=1S/C11H18N2O4/c1-3-4-9(10(14)15)13-11(16)12-7-5-8(6-7)17-2/h3,7-9H,1,4-6H2,2H3,(H,14,15)(H2,12,13,16). The van der Waals surface area contributed by atoms with E-state index in [-0.39, 0.29) is 18.6 Å². The lowest BCUT2D eigenvalue weighted by Gasteiger charge is -2.34. The number of amides is 2. The molecule has 1 unspecified atom stereocenters. The molecule has 0 aromatic carbocycles. The fourth-order valence-corrected chi connectivity index (χ4v) is 1.65. The molecule has 3 N–H and O–H groups in total. The highest BCUT2D eigenvalue weighted by Gasteiger charge is 2.30. The summed E-state index contributed by atoms with van der Waals surface area (Å²) < 4.78 is 5.08. The smallest absolute Gasteiger partial charge is 0.326 e. The quantitative estimate of drug-likeness (QED) is 0.592. The minimum atomic E-state index is -1.07. The van der Waals surface area contributed by atoms with E-state index in [9.17, 15) is 9.59 Å². The third-order valence-electron chi connectivity index (χ3n) is 2.77. The van der Waals surface area contributed by atoms with E-state index in [1.165, 1.54) is 6.08 Å². The summed E-state index contributed by atoms with van der Waals surface area (Å²) in [5, 5.41) is 13.9. The average molecular weight is 242 g/mol. The van der Waals surface area contributed by atoms with E-state index in [1.807, 2.05) is 0 Å². The number of carboxylic acids is 1. The summed E-state index contributed by atoms with van der Waals surface area (Å²) in [6.45, 7) is 3.45. The number of hydrogen-bond acceptors (Lipinski definition) is 3. The predicted molar refractivity (Wildman–Crippen MR) is 61.7 cm³/mol. The van der Waals surface area contributed by atoms with Gasteiger partial charge in [-0.05, 0) is 19.3 Å². The number of hydrogen-bond donors (Lipinski definition) is 3. The molecule has 96 valence electrons. The molecule has 0 aromatic rings. The Kier molecular flexibility index (Phi) is 4.96. The Hall–Kier alpha value is -1.56. The van der Waals surface area contributed by atoms with E-state index < -0.39 is 18.0 Å². The summed E-state index contributed by atoms with van der Waals surface area (Å²) in [6.07, 6.45) is 3.40. The van der Waals surface area contributed by atoms with Gasteiger partial charge < -0.3 is 20.5 Å². The molecule has 0 spiro atoms. The van der Waals surface area contributed by atoms with Crippen LogP contribution in [0.1, 0.15) is 19.3 Å². The van der Waals surface area contributed by atoms with Crippen LogP contribution in [0.3, 0.4) is 0 Å². The average Bonchev–Trinajstić information content (AvgIpc) is 2.22. The van der Waals surface area contributed by atoms with Crippen LogP contribution in [0.2, 0.25) is 0 Å². The van der Waals surface area contributed by atoms with E-state index in [1.54, 1.807) is 7.11 Å². The Morgan fingerprint density at radius 3 is 2.71 bits per heavy atom. The van der Waals surface area contributed by atoms with Crippen molar-refractivity contribution in [3.8, 4) is 0 Å². The van der Waals surface area contributed by atoms with Crippen LogP contribution in [0, 0.1) is 0 Å². The molecule has 0 radical (unpaired) electrons. The summed E-state index contributed by atoms with van der Waals surface area (Å²) in [5.41, 5.74) is 0. The van der Waals surface area contributed by atoms with Crippen molar-refractivity contribution in [2.24, 2.45) is 0 Å². The van der Waals surface area contributed by atoms with Crippen molar-refractivity contribution in [2.45, 2.75) is 37.5 Å². The lowest BCUT2D eigenvalue weighted by molar-refractivity contribution is -0.139. The van der Waals surface area contributed by atoms with Gasteiger partial charge in [0.25, 0.3) is 0 Å². The molecular formula is C11H18N2O4. The van der Waals surface area contributed by atoms with E-state index in [4.69, 9.17) is 9.84 Å². The summed E-state index contributed by atoms with van der Waals surface area (Å²) in [4.78, 5) is 22.3. The maximum absolute atomic E-state index is 11.5. The molecule has 0 heterocycles. The normalized spacial score (nSPS) is 24.3. The van der Waals surface area contributed by atoms with Crippen molar-refractivity contribution in [1.29, 1.82) is 0 Å². The number of rotatable bonds is 6. The van der Waals surface area contributed by atoms with Crippen molar-refractivity contribution < 1.29 is 19.4 Å². The monoisotopic (exact) mass is 242 g/mol. The van der Waals surface area contributed by atoms with Crippen molar-refractivity contribution in [1.82, 2.24) is 10.6 Å². The zero-order chi connectivity index (χ0) is 12.8. The maximum atomic E-state index is 11.5. The molecule has 0 bridgehead atoms. The molecule has 2 amide bonds. The predicted octanol–water partition coefficient (Wildman–Crippen LogP) is 0.492. The van der Waals surface area contributed by atoms with Crippen molar-refractivity contribution >= 4 is 12.0 Å². The number of carboxylic acid groups (broad SMARTS) is 1. The fraction of sp³-hybridized carbons (Fsp3) is 0.636. The number of carbonyl (C=O) groups is 2. The second-order valence-electron chi connectivity index (χ2n) is 4.06. The molecule has 1 rings (SSSR count). The summed E-state index contributed by atoms with van der Waals surface area (Å²) in [5.74, 6) is -1.07. The van der Waals surface area contributed by atoms with E-state index in [0.29, 0.717) is 0 Å². The molecule has 0 saturated heterocycles. The van der Waals surface area contributed by atoms with Crippen LogP contribution in [0.15, 0.2) is 12.7 Å². The van der Waals surface area contributed by atoms with Crippen molar-refractivity contribution in [3.63, 3.8) is 0 Å². The number of methoxy groups -OCH3 is 1. The van der Waals surface area contributed by atoms with Crippen LogP contribution >= 0.6 is 0 Å². The van der Waals surface area contributed by atoms with Crippen LogP contribution in [0.25, 0.3) is 0 Å². The van der Waals surface area contributed by atoms with Gasteiger partial charge in [-0.25, -0.2) is 9.59 Å². The van der Waals surface area contributed by atoms with Crippen molar-refractivity contribution in [2.75, 3.05) is 7.11 Å². The van der Waals surface area contributed by atoms with E-state index in [2.05, 4.69) is 17.2 Å². The first kappa shape index (κ1) is 13.5. The lowest BCUT2D eigenvalue weighted by atomic mass is 9.89. The molecule has 17 heavy (non-hydrogen) atoms. The number of carbonyl (C=O) groups excluding carboxylic acids is 1. The summed E-state index contributed by atoms with van der Waals surface area (Å²) in [6, 6.07) is -1.32. The summed E-state index contributed by atoms with van der Waals surface area (Å²) in [7, 11) is 1.63. The van der Waals surface area contributed by atoms with Gasteiger partial charge in [-0.1, -0.05) is 6.08 Å². The molecule has 1 aliphatic carbocycles. The topological polar surface area (TPSA) is 87.7 Å². The zero-order valence-electron chi connectivity index (χ0n) is 9.81. The van der Waals surface area contributed by atoms with Crippen LogP contribution in [-0.4, -0.2) is 42.4 Å². The number of ether oxygens (including phenoxy) is 1. The van der Waals surface area contributed by atoms with Crippen LogP contribution in [0.5, 0.6) is 0 Å². The van der Waals surface area contributed by atoms with Gasteiger partial charge >= 0.3 is 12.0 Å². The Balaban J connectivity index is 2.28. The van der Waals surface area contributed by atoms with Crippen LogP contribution < -0.4 is 10.6 Å². The molecule has 1 saturated carbocycles. The molecule has 6 nitrogen and oxygen atoms in total. The minimum Gasteiger partial charge on any atom is -0.480 e. The molecule has 0 aromatic heterocycles. The Labute approximate surface area is 100 Å². The number of aliphatic carboxylic acids is 1. The highest BCUT2D eigenvalue weighted by atomic mass is 16.5. The second-order valence-corrected chi connectivity index (χ2v) is 4.06. The first-order chi connectivity index (χ1) is 8.06. The lowest BCUT2D eigenvalue weighted by Crippen LogP contribution is -2.53. The Morgan fingerprint density at radius 1 is 1.59 bits per heavy atom. The number of nitrogens with one attached hydrogen (secondary N) is 2. The third-order valence-corrected chi connectivity index (χ3v) is 2.77. The molecular weight excluding hydrogens is 224 g/mol. The fourth-order valence-electron chi connectivity index (χ4n) is 1.65. The Morgan fingerprint density at radius 2 is 2.24 bits per heavy atom. The van der Waals surface area contributed by atoms with Crippen LogP contribution in [0.4, 0.5) is 4.79 Å². The zero-order valence-corrected chi connectivity index (χ0v) is 9.81. The summed E-state index contributed by atoms with van der Waals surface area (Å²) >= 11 is 0. The molecule has 6 heteroatoms. The molecule has 1 fully saturated rings. The highest BCUT2D eigenvalue weighted by molar-refractivity contribution is 5.82. The first-order valence-corrected chi connectivity index (χ1v) is 5.50. The van der Waals surface area contributed by atoms with Gasteiger partial charge in [0.15, 0.2) is 0 Å². The number of urea groups is 1. The van der Waals surface area contributed by atoms with Crippen LogP contribution in [-0.2, 0) is 9.53 Å². The van der Waals surface area contributed by atoms with E-state index in [0.717, 1.165) is 12.8 Å². The van der Waals surface area contributed by atoms with Gasteiger partial charge in [-0.15, -0.1) is 6.58 Å². The van der Waals surface area contributed by atoms with Gasteiger partial charge in [-0.3, -0.25) is 0 Å². The molecule has 1 aliphatic rings. The van der Waals surface area contributed by atoms with Crippen molar-refractivity contribution in [3.05, 3.63) is 12.7 Å². The maximum Gasteiger partial charge on any atom is 0.326 e. The molecule has 0 aliphatic heterocycles. The van der Waals surface area contributed by atoms with Gasteiger partial charge in [0.1, 0.15) is 6.04 Å². The SMILES string of the molecule is C=CCC(NC(=O)NC1CC(OC)C1)C(=O)O. The highest BCUT2D eigenvalue weighted by Crippen LogP contribution is 2.22. The molecule has 1 atom stereocenters. The first-order valence-electron chi connectivity index (χ1n) is 5.50.